The van der Waals surface area contributed by atoms with Crippen molar-refractivity contribution in [2.45, 2.75) is 87.6 Å². The Morgan fingerprint density at radius 3 is 2.20 bits per heavy atom. The summed E-state index contributed by atoms with van der Waals surface area (Å²) in [6.45, 7) is -2.56. The van der Waals surface area contributed by atoms with Crippen molar-refractivity contribution in [3.8, 4) is 23.0 Å². The third kappa shape index (κ3) is 13.5. The highest BCUT2D eigenvalue weighted by atomic mass is 35.5. The largest absolute Gasteiger partial charge is 0.472 e. The Balaban J connectivity index is 1.40. The van der Waals surface area contributed by atoms with Gasteiger partial charge in [0.15, 0.2) is 21.3 Å². The molecule has 3 N–H and O–H groups in total. The summed E-state index contributed by atoms with van der Waals surface area (Å²) in [5.41, 5.74) is -6.28. The van der Waals surface area contributed by atoms with Gasteiger partial charge in [0.05, 0.1) is 33.9 Å². The van der Waals surface area contributed by atoms with Gasteiger partial charge in [0.25, 0.3) is 5.92 Å². The van der Waals surface area contributed by atoms with Crippen LogP contribution < -0.4 is 9.62 Å². The van der Waals surface area contributed by atoms with Gasteiger partial charge in [0, 0.05) is 54.9 Å². The average Bonchev–Trinajstić information content (AvgIpc) is 3.81. The molecule has 3 amide bonds. The number of hydrogen-bond acceptors (Lipinski definition) is 13. The van der Waals surface area contributed by atoms with Crippen LogP contribution in [-0.4, -0.2) is 118 Å². The summed E-state index contributed by atoms with van der Waals surface area (Å²) in [5, 5.41) is 8.51. The molecular weight excluding hydrogens is 1180 g/mol. The second kappa shape index (κ2) is 21.8. The first-order valence-electron chi connectivity index (χ1n) is 23.1. The first-order chi connectivity index (χ1) is 36.7. The number of amides is 3. The van der Waals surface area contributed by atoms with E-state index in [9.17, 15) is 70.9 Å². The summed E-state index contributed by atoms with van der Waals surface area (Å²) < 4.78 is 218. The van der Waals surface area contributed by atoms with Crippen LogP contribution in [0.1, 0.15) is 79.0 Å². The number of aromatic nitrogens is 5. The topological polar surface area (TPSA) is 263 Å². The maximum Gasteiger partial charge on any atom is 0.472 e. The van der Waals surface area contributed by atoms with E-state index in [-0.39, 0.29) is 43.3 Å². The van der Waals surface area contributed by atoms with Gasteiger partial charge in [-0.25, -0.2) is 44.5 Å². The minimum absolute atomic E-state index is 0.0240. The Kier molecular flexibility index (Phi) is 16.7. The Hall–Kier alpha value is -6.36. The summed E-state index contributed by atoms with van der Waals surface area (Å²) in [7, 11) is -12.8. The molecule has 7 rings (SSSR count). The van der Waals surface area contributed by atoms with Crippen LogP contribution in [0, 0.1) is 29.4 Å². The molecule has 0 bridgehead atoms. The molecule has 0 saturated heterocycles. The number of halogens is 11. The zero-order chi connectivity index (χ0) is 59.6. The summed E-state index contributed by atoms with van der Waals surface area (Å²) >= 11 is 6.66. The number of alkyl halides is 8. The fourth-order valence-electron chi connectivity index (χ4n) is 8.78. The van der Waals surface area contributed by atoms with Gasteiger partial charge < -0.3 is 24.7 Å². The first-order valence-corrected chi connectivity index (χ1v) is 28.7. The zero-order valence-electron chi connectivity index (χ0n) is 42.0. The molecule has 3 heterocycles. The van der Waals surface area contributed by atoms with Crippen molar-refractivity contribution in [3.63, 3.8) is 0 Å². The minimum atomic E-state index is -5.25. The number of phosphoric ester groups is 1. The van der Waals surface area contributed by atoms with Crippen LogP contribution in [-0.2, 0) is 74.9 Å². The van der Waals surface area contributed by atoms with E-state index < -0.39 is 187 Å². The third-order valence-corrected chi connectivity index (χ3v) is 16.4. The first kappa shape index (κ1) is 61.3. The molecule has 80 heavy (non-hydrogen) atoms. The molecule has 0 spiro atoms. The number of pyridine rings is 1. The van der Waals surface area contributed by atoms with Crippen LogP contribution >= 0.6 is 19.4 Å². The highest BCUT2D eigenvalue weighted by Crippen LogP contribution is 2.68. The second-order valence-electron chi connectivity index (χ2n) is 19.1. The molecule has 0 aliphatic heterocycles. The molecular formula is C46H44ClF10N8O12PS2. The number of anilines is 1. The van der Waals surface area contributed by atoms with Crippen LogP contribution in [0.5, 0.6) is 0 Å². The fraction of sp³-hybridized carbons (Fsp3) is 0.435. The molecule has 2 aliphatic rings. The Morgan fingerprint density at radius 2 is 1.61 bits per heavy atom. The highest BCUT2D eigenvalue weighted by Gasteiger charge is 2.68. The van der Waals surface area contributed by atoms with Gasteiger partial charge in [0.1, 0.15) is 40.9 Å². The minimum Gasteiger partial charge on any atom is -0.422 e. The van der Waals surface area contributed by atoms with Crippen molar-refractivity contribution in [2.24, 2.45) is 5.92 Å². The van der Waals surface area contributed by atoms with Crippen molar-refractivity contribution >= 4 is 73.9 Å². The normalized spacial score (nSPS) is 16.6. The van der Waals surface area contributed by atoms with Gasteiger partial charge in [0.2, 0.25) is 28.6 Å². The van der Waals surface area contributed by atoms with Crippen molar-refractivity contribution in [1.82, 2.24) is 34.8 Å². The lowest BCUT2D eigenvalue weighted by molar-refractivity contribution is -0.143. The SMILES string of the molecule is CN(CCCC(=O)N(c1nn(CC(F)(F)F)c2c(-c3ccc(C#CC(C)(C)S(C)(=O)=O)nc3[C@H](Cc3cc(F)cc(F)c3)NC(=O)Cn3nc(C(F)(F)F)c4c3C(F)(F)[C@@H]3C[C@H]43)ccc(Cl)c12)S(C)(=O)=O)C(=O)OCOP(=O)(O)O. The fourth-order valence-corrected chi connectivity index (χ4v) is 10.3. The molecule has 5 aromatic rings. The predicted molar refractivity (Wildman–Crippen MR) is 261 cm³/mol. The lowest BCUT2D eigenvalue weighted by Gasteiger charge is -2.23. The number of sulfonamides is 1. The van der Waals surface area contributed by atoms with Crippen LogP contribution in [0.4, 0.5) is 54.5 Å². The number of ether oxygens (including phenoxy) is 1. The summed E-state index contributed by atoms with van der Waals surface area (Å²) in [5.74, 6) is -7.67. The number of fused-ring (bicyclic) bond motifs is 4. The van der Waals surface area contributed by atoms with Gasteiger partial charge >= 0.3 is 26.3 Å². The Labute approximate surface area is 452 Å². The lowest BCUT2D eigenvalue weighted by atomic mass is 9.93. The van der Waals surface area contributed by atoms with E-state index in [0.717, 1.165) is 54.6 Å². The number of phosphoric acid groups is 1. The zero-order valence-corrected chi connectivity index (χ0v) is 45.2. The predicted octanol–water partition coefficient (Wildman–Crippen LogP) is 7.50. The van der Waals surface area contributed by atoms with Gasteiger partial charge in [-0.1, -0.05) is 23.6 Å². The molecule has 0 unspecified atom stereocenters. The maximum atomic E-state index is 15.6. The van der Waals surface area contributed by atoms with E-state index in [2.05, 4.69) is 41.6 Å². The molecule has 20 nitrogen and oxygen atoms in total. The average molecular weight is 1220 g/mol. The number of sulfone groups is 1. The van der Waals surface area contributed by atoms with Gasteiger partial charge in [-0.05, 0) is 80.8 Å². The van der Waals surface area contributed by atoms with Crippen LogP contribution in [0.25, 0.3) is 22.0 Å². The number of rotatable bonds is 18. The van der Waals surface area contributed by atoms with Crippen molar-refractivity contribution < 1.29 is 98.7 Å². The van der Waals surface area contributed by atoms with Crippen molar-refractivity contribution in [1.29, 1.82) is 0 Å². The smallest absolute Gasteiger partial charge is 0.422 e. The standard InChI is InChI=1S/C46H44ClF10N8O12PS2/c1-43(2,79(4,72)73)13-12-26-8-9-27(37(58-26)32(17-23-15-24(48)18-25(49)16-23)59-33(66)20-63-40-35(39(60-63)46(55,56)57)29-19-30(29)45(40,53)54)28-10-11-31(47)36-38(28)64(21-44(50,51)52)61-41(36)65(80(5,74)75)34(67)7-6-14-62(3)42(68)76-22-77-78(69,70)71/h8-11,15-16,18,29-30,32H,6-7,14,17,19-22H2,1-5H3,(H,59,66)(H2,69,70,71)/t29-,30+,32-/m0/s1. The van der Waals surface area contributed by atoms with Crippen molar-refractivity contribution in [2.75, 3.05) is 37.2 Å². The molecule has 3 aromatic heterocycles. The van der Waals surface area contributed by atoms with E-state index in [0.29, 0.717) is 12.3 Å². The molecule has 434 valence electrons. The monoisotopic (exact) mass is 1220 g/mol. The van der Waals surface area contributed by atoms with Crippen molar-refractivity contribution in [3.05, 3.63) is 93.0 Å². The van der Waals surface area contributed by atoms with E-state index in [1.807, 2.05) is 0 Å². The molecule has 0 radical (unpaired) electrons. The number of nitrogens with zero attached hydrogens (tertiary/aromatic N) is 7. The van der Waals surface area contributed by atoms with Gasteiger partial charge in [-0.3, -0.25) is 19.0 Å². The Morgan fingerprint density at radius 1 is 0.975 bits per heavy atom. The summed E-state index contributed by atoms with van der Waals surface area (Å²) in [4.78, 5) is 63.4. The molecule has 1 saturated carbocycles. The molecule has 2 aliphatic carbocycles. The van der Waals surface area contributed by atoms with Crippen LogP contribution in [0.3, 0.4) is 0 Å². The number of hydrogen-bond donors (Lipinski definition) is 3. The van der Waals surface area contributed by atoms with E-state index in [1.54, 1.807) is 0 Å². The third-order valence-electron chi connectivity index (χ3n) is 12.7. The molecule has 34 heteroatoms. The van der Waals surface area contributed by atoms with Gasteiger partial charge in [-0.15, -0.1) is 0 Å². The van der Waals surface area contributed by atoms with E-state index in [1.165, 1.54) is 13.8 Å². The number of carbonyl (C=O) groups excluding carboxylic acids is 3. The van der Waals surface area contributed by atoms with Crippen LogP contribution in [0.2, 0.25) is 5.02 Å². The number of carbonyl (C=O) groups is 3. The molecule has 1 fully saturated rings. The Bertz CT molecular complexity index is 3650. The molecule has 3 atom stereocenters. The number of benzene rings is 2. The summed E-state index contributed by atoms with van der Waals surface area (Å²) in [6.07, 6.45) is -12.6. The van der Waals surface area contributed by atoms with E-state index >= 15 is 8.78 Å². The molecule has 2 aromatic carbocycles. The highest BCUT2D eigenvalue weighted by molar-refractivity contribution is 7.93. The van der Waals surface area contributed by atoms with Crippen LogP contribution in [0.15, 0.2) is 42.5 Å². The quantitative estimate of drug-likeness (QED) is 0.0332. The second-order valence-corrected chi connectivity index (χ2v) is 25.2. The maximum absolute atomic E-state index is 15.6. The summed E-state index contributed by atoms with van der Waals surface area (Å²) in [6, 6.07) is 4.47. The van der Waals surface area contributed by atoms with E-state index in [4.69, 9.17) is 21.4 Å². The number of nitrogens with one attached hydrogen (secondary N) is 1. The lowest BCUT2D eigenvalue weighted by Crippen LogP contribution is -2.37. The van der Waals surface area contributed by atoms with Gasteiger partial charge in [-0.2, -0.15) is 49.6 Å².